The fraction of sp³-hybridized carbons (Fsp3) is 0.667. The third-order valence-corrected chi connectivity index (χ3v) is 4.89. The molecule has 1 N–H and O–H groups in total. The van der Waals surface area contributed by atoms with E-state index in [1.807, 2.05) is 0 Å². The van der Waals surface area contributed by atoms with E-state index in [4.69, 9.17) is 4.74 Å². The lowest BCUT2D eigenvalue weighted by atomic mass is 9.89. The highest BCUT2D eigenvalue weighted by molar-refractivity contribution is 5.38. The molecule has 3 nitrogen and oxygen atoms in total. The van der Waals surface area contributed by atoms with Crippen LogP contribution in [0.15, 0.2) is 24.3 Å². The lowest BCUT2D eigenvalue weighted by Gasteiger charge is -2.43. The molecule has 1 saturated heterocycles. The standard InChI is InChI=1S/C18H28N2O/c1-13(2)20(11-15-7-6-10-19-15)18-14(3)12-21-17-9-5-4-8-16(17)18/h4-5,8-9,13-15,18-19H,6-7,10-12H2,1-3H3. The minimum Gasteiger partial charge on any atom is -0.493 e. The molecular formula is C18H28N2O. The Morgan fingerprint density at radius 2 is 2.14 bits per heavy atom. The van der Waals surface area contributed by atoms with Crippen LogP contribution in [-0.2, 0) is 0 Å². The van der Waals surface area contributed by atoms with Crippen molar-refractivity contribution < 1.29 is 4.74 Å². The molecule has 3 unspecified atom stereocenters. The van der Waals surface area contributed by atoms with Crippen molar-refractivity contribution >= 4 is 0 Å². The Kier molecular flexibility index (Phi) is 4.51. The molecule has 3 heteroatoms. The summed E-state index contributed by atoms with van der Waals surface area (Å²) < 4.78 is 5.92. The molecule has 1 aromatic carbocycles. The molecule has 21 heavy (non-hydrogen) atoms. The lowest BCUT2D eigenvalue weighted by Crippen LogP contribution is -2.47. The van der Waals surface area contributed by atoms with Crippen LogP contribution in [0.3, 0.4) is 0 Å². The van der Waals surface area contributed by atoms with Crippen LogP contribution in [0.1, 0.15) is 45.2 Å². The minimum atomic E-state index is 0.470. The van der Waals surface area contributed by atoms with Crippen LogP contribution in [0, 0.1) is 5.92 Å². The molecule has 0 amide bonds. The molecule has 0 aliphatic carbocycles. The Morgan fingerprint density at radius 1 is 1.33 bits per heavy atom. The summed E-state index contributed by atoms with van der Waals surface area (Å²) in [5.41, 5.74) is 1.36. The predicted molar refractivity (Wildman–Crippen MR) is 86.7 cm³/mol. The van der Waals surface area contributed by atoms with Gasteiger partial charge in [0, 0.05) is 36.2 Å². The van der Waals surface area contributed by atoms with Crippen LogP contribution >= 0.6 is 0 Å². The summed E-state index contributed by atoms with van der Waals surface area (Å²) in [5, 5.41) is 3.65. The zero-order chi connectivity index (χ0) is 14.8. The molecule has 3 rings (SSSR count). The third-order valence-electron chi connectivity index (χ3n) is 4.89. The second-order valence-electron chi connectivity index (χ2n) is 6.85. The molecule has 2 heterocycles. The maximum absolute atomic E-state index is 5.92. The fourth-order valence-electron chi connectivity index (χ4n) is 3.79. The molecule has 3 atom stereocenters. The predicted octanol–water partition coefficient (Wildman–Crippen LogP) is 3.22. The first kappa shape index (κ1) is 14.9. The van der Waals surface area contributed by atoms with Gasteiger partial charge in [-0.3, -0.25) is 4.90 Å². The van der Waals surface area contributed by atoms with Gasteiger partial charge in [0.15, 0.2) is 0 Å². The van der Waals surface area contributed by atoms with Gasteiger partial charge in [-0.25, -0.2) is 0 Å². The molecule has 1 aromatic rings. The van der Waals surface area contributed by atoms with Gasteiger partial charge in [0.2, 0.25) is 0 Å². The van der Waals surface area contributed by atoms with Crippen LogP contribution in [0.25, 0.3) is 0 Å². The van der Waals surface area contributed by atoms with Crippen molar-refractivity contribution in [3.05, 3.63) is 29.8 Å². The average molecular weight is 288 g/mol. The number of hydrogen-bond donors (Lipinski definition) is 1. The second kappa shape index (κ2) is 6.37. The second-order valence-corrected chi connectivity index (χ2v) is 6.85. The highest BCUT2D eigenvalue weighted by atomic mass is 16.5. The number of nitrogens with zero attached hydrogens (tertiary/aromatic N) is 1. The van der Waals surface area contributed by atoms with E-state index in [1.54, 1.807) is 0 Å². The van der Waals surface area contributed by atoms with Crippen molar-refractivity contribution in [1.29, 1.82) is 0 Å². The summed E-state index contributed by atoms with van der Waals surface area (Å²) in [6.45, 7) is 10.1. The average Bonchev–Trinajstić information content (AvgIpc) is 2.98. The first-order chi connectivity index (χ1) is 10.2. The zero-order valence-corrected chi connectivity index (χ0v) is 13.5. The van der Waals surface area contributed by atoms with Crippen LogP contribution in [-0.4, -0.2) is 36.7 Å². The Bertz CT molecular complexity index is 468. The molecule has 2 aliphatic heterocycles. The van der Waals surface area contributed by atoms with Crippen molar-refractivity contribution in [2.45, 2.75) is 51.7 Å². The van der Waals surface area contributed by atoms with Gasteiger partial charge >= 0.3 is 0 Å². The van der Waals surface area contributed by atoms with Gasteiger partial charge in [-0.05, 0) is 39.3 Å². The van der Waals surface area contributed by atoms with E-state index in [0.717, 1.165) is 18.9 Å². The van der Waals surface area contributed by atoms with E-state index >= 15 is 0 Å². The van der Waals surface area contributed by atoms with Gasteiger partial charge in [0.25, 0.3) is 0 Å². The SMILES string of the molecule is CC1COc2ccccc2C1N(CC1CCCN1)C(C)C. The van der Waals surface area contributed by atoms with Crippen molar-refractivity contribution in [3.8, 4) is 5.75 Å². The maximum atomic E-state index is 5.92. The van der Waals surface area contributed by atoms with Gasteiger partial charge in [-0.2, -0.15) is 0 Å². The Morgan fingerprint density at radius 3 is 2.86 bits per heavy atom. The number of para-hydroxylation sites is 1. The van der Waals surface area contributed by atoms with E-state index in [9.17, 15) is 0 Å². The summed E-state index contributed by atoms with van der Waals surface area (Å²) in [5.74, 6) is 1.61. The summed E-state index contributed by atoms with van der Waals surface area (Å²) in [4.78, 5) is 2.68. The van der Waals surface area contributed by atoms with Crippen molar-refractivity contribution in [1.82, 2.24) is 10.2 Å². The van der Waals surface area contributed by atoms with Gasteiger partial charge < -0.3 is 10.1 Å². The van der Waals surface area contributed by atoms with E-state index in [0.29, 0.717) is 24.0 Å². The molecule has 0 saturated carbocycles. The van der Waals surface area contributed by atoms with Crippen LogP contribution < -0.4 is 10.1 Å². The normalized spacial score (nSPS) is 28.7. The largest absolute Gasteiger partial charge is 0.493 e. The zero-order valence-electron chi connectivity index (χ0n) is 13.5. The molecule has 116 valence electrons. The fourth-order valence-corrected chi connectivity index (χ4v) is 3.79. The first-order valence-corrected chi connectivity index (χ1v) is 8.37. The van der Waals surface area contributed by atoms with Gasteiger partial charge in [-0.1, -0.05) is 25.1 Å². The molecular weight excluding hydrogens is 260 g/mol. The summed E-state index contributed by atoms with van der Waals surface area (Å²) >= 11 is 0. The van der Waals surface area contributed by atoms with Crippen molar-refractivity contribution in [2.75, 3.05) is 19.7 Å². The molecule has 0 aromatic heterocycles. The van der Waals surface area contributed by atoms with E-state index in [2.05, 4.69) is 55.3 Å². The summed E-state index contributed by atoms with van der Waals surface area (Å²) in [6, 6.07) is 10.2. The number of fused-ring (bicyclic) bond motifs is 1. The summed E-state index contributed by atoms with van der Waals surface area (Å²) in [6.07, 6.45) is 2.62. The van der Waals surface area contributed by atoms with E-state index in [1.165, 1.54) is 24.9 Å². The van der Waals surface area contributed by atoms with Crippen LogP contribution in [0.5, 0.6) is 5.75 Å². The number of benzene rings is 1. The third kappa shape index (κ3) is 3.09. The van der Waals surface area contributed by atoms with Crippen LogP contribution in [0.2, 0.25) is 0 Å². The Hall–Kier alpha value is -1.06. The van der Waals surface area contributed by atoms with Crippen molar-refractivity contribution in [3.63, 3.8) is 0 Å². The lowest BCUT2D eigenvalue weighted by molar-refractivity contribution is 0.0600. The highest BCUT2D eigenvalue weighted by Gasteiger charge is 2.35. The van der Waals surface area contributed by atoms with Gasteiger partial charge in [0.1, 0.15) is 5.75 Å². The minimum absolute atomic E-state index is 0.470. The van der Waals surface area contributed by atoms with Gasteiger partial charge in [-0.15, -0.1) is 0 Å². The topological polar surface area (TPSA) is 24.5 Å². The van der Waals surface area contributed by atoms with E-state index in [-0.39, 0.29) is 0 Å². The maximum Gasteiger partial charge on any atom is 0.124 e. The van der Waals surface area contributed by atoms with Crippen LogP contribution in [0.4, 0.5) is 0 Å². The molecule has 2 aliphatic rings. The molecule has 0 spiro atoms. The first-order valence-electron chi connectivity index (χ1n) is 8.37. The Labute approximate surface area is 128 Å². The molecule has 0 bridgehead atoms. The molecule has 1 fully saturated rings. The summed E-state index contributed by atoms with van der Waals surface area (Å²) in [7, 11) is 0. The number of ether oxygens (including phenoxy) is 1. The quantitative estimate of drug-likeness (QED) is 0.920. The molecule has 0 radical (unpaired) electrons. The van der Waals surface area contributed by atoms with Crippen molar-refractivity contribution in [2.24, 2.45) is 5.92 Å². The number of hydrogen-bond acceptors (Lipinski definition) is 3. The smallest absolute Gasteiger partial charge is 0.124 e. The highest BCUT2D eigenvalue weighted by Crippen LogP contribution is 2.40. The Balaban J connectivity index is 1.86. The number of nitrogens with one attached hydrogen (secondary N) is 1. The monoisotopic (exact) mass is 288 g/mol. The van der Waals surface area contributed by atoms with Gasteiger partial charge in [0.05, 0.1) is 6.61 Å². The number of rotatable bonds is 4. The van der Waals surface area contributed by atoms with E-state index < -0.39 is 0 Å².